The van der Waals surface area contributed by atoms with E-state index in [1.165, 1.54) is 31.2 Å². The highest BCUT2D eigenvalue weighted by Crippen LogP contribution is 2.64. The maximum Gasteiger partial charge on any atom is 0.239 e. The third-order valence-corrected chi connectivity index (χ3v) is 7.26. The molecule has 7 rings (SSSR count). The number of nitrogens with zero attached hydrogens (tertiary/aromatic N) is 1. The fraction of sp³-hybridized carbons (Fsp3) is 0.192. The standard InChI is InChI=1S/C26H18FNO3/c1-14(29)26-19-8-4-2-6-17(19)21(18-7-3-5-9-20(18)26)22-23(26)25(31)28(24(22)30)16-12-10-15(27)11-13-16/h2-13,21-23H,1H3/t21?,22-,23+,26?/m0/s1. The Morgan fingerprint density at radius 3 is 1.94 bits per heavy atom. The first-order chi connectivity index (χ1) is 15.0. The predicted molar refractivity (Wildman–Crippen MR) is 112 cm³/mol. The minimum atomic E-state index is -1.21. The maximum absolute atomic E-state index is 13.8. The van der Waals surface area contributed by atoms with Gasteiger partial charge in [0, 0.05) is 5.92 Å². The van der Waals surface area contributed by atoms with E-state index in [1.54, 1.807) is 0 Å². The van der Waals surface area contributed by atoms with Crippen molar-refractivity contribution < 1.29 is 18.8 Å². The lowest BCUT2D eigenvalue weighted by atomic mass is 9.46. The van der Waals surface area contributed by atoms with Crippen molar-refractivity contribution in [2.24, 2.45) is 11.8 Å². The molecule has 152 valence electrons. The van der Waals surface area contributed by atoms with E-state index in [2.05, 4.69) is 0 Å². The zero-order valence-corrected chi connectivity index (χ0v) is 16.7. The number of carbonyl (C=O) groups is 3. The molecule has 1 saturated heterocycles. The van der Waals surface area contributed by atoms with E-state index in [4.69, 9.17) is 0 Å². The van der Waals surface area contributed by atoms with E-state index in [-0.39, 0.29) is 17.6 Å². The molecular formula is C26H18FNO3. The van der Waals surface area contributed by atoms with Gasteiger partial charge in [-0.1, -0.05) is 48.5 Å². The fourth-order valence-corrected chi connectivity index (χ4v) is 6.21. The molecule has 0 N–H and O–H groups in total. The van der Waals surface area contributed by atoms with Crippen LogP contribution in [0.5, 0.6) is 0 Å². The molecule has 31 heavy (non-hydrogen) atoms. The van der Waals surface area contributed by atoms with Crippen LogP contribution >= 0.6 is 0 Å². The molecule has 2 amide bonds. The molecule has 0 aromatic heterocycles. The van der Waals surface area contributed by atoms with E-state index in [0.29, 0.717) is 5.69 Å². The molecule has 1 fully saturated rings. The van der Waals surface area contributed by atoms with Crippen LogP contribution in [0.25, 0.3) is 0 Å². The Morgan fingerprint density at radius 2 is 1.39 bits per heavy atom. The summed E-state index contributed by atoms with van der Waals surface area (Å²) in [7, 11) is 0. The number of Topliss-reactive ketones (excluding diaryl/α,β-unsaturated/α-hetero) is 1. The molecule has 5 heteroatoms. The van der Waals surface area contributed by atoms with Crippen molar-refractivity contribution in [2.75, 3.05) is 4.90 Å². The normalized spacial score (nSPS) is 27.7. The number of rotatable bonds is 2. The zero-order valence-electron chi connectivity index (χ0n) is 16.7. The van der Waals surface area contributed by atoms with Crippen LogP contribution in [0.2, 0.25) is 0 Å². The van der Waals surface area contributed by atoms with Gasteiger partial charge in [0.25, 0.3) is 0 Å². The third kappa shape index (κ3) is 2.01. The van der Waals surface area contributed by atoms with Gasteiger partial charge in [0.05, 0.1) is 22.9 Å². The van der Waals surface area contributed by atoms with Crippen molar-refractivity contribution in [3.8, 4) is 0 Å². The first-order valence-corrected chi connectivity index (χ1v) is 10.3. The predicted octanol–water partition coefficient (Wildman–Crippen LogP) is 3.97. The summed E-state index contributed by atoms with van der Waals surface area (Å²) in [6.45, 7) is 1.51. The van der Waals surface area contributed by atoms with Crippen LogP contribution in [0.1, 0.15) is 35.1 Å². The van der Waals surface area contributed by atoms with Crippen molar-refractivity contribution in [3.63, 3.8) is 0 Å². The van der Waals surface area contributed by atoms with Crippen LogP contribution in [-0.2, 0) is 19.8 Å². The van der Waals surface area contributed by atoms with Gasteiger partial charge in [-0.15, -0.1) is 0 Å². The number of halogens is 1. The number of anilines is 1. The number of hydrogen-bond donors (Lipinski definition) is 0. The Labute approximate surface area is 178 Å². The molecule has 2 atom stereocenters. The van der Waals surface area contributed by atoms with Gasteiger partial charge < -0.3 is 0 Å². The summed E-state index contributed by atoms with van der Waals surface area (Å²) in [5.74, 6) is -3.13. The van der Waals surface area contributed by atoms with Crippen LogP contribution < -0.4 is 4.90 Å². The number of carbonyl (C=O) groups excluding carboxylic acids is 3. The van der Waals surface area contributed by atoms with Gasteiger partial charge in [0.1, 0.15) is 11.6 Å². The summed E-state index contributed by atoms with van der Waals surface area (Å²) in [6, 6.07) is 20.6. The van der Waals surface area contributed by atoms with Gasteiger partial charge in [-0.3, -0.25) is 14.4 Å². The lowest BCUT2D eigenvalue weighted by Crippen LogP contribution is -2.57. The van der Waals surface area contributed by atoms with E-state index in [1.807, 2.05) is 48.5 Å². The average molecular weight is 411 g/mol. The monoisotopic (exact) mass is 411 g/mol. The SMILES string of the molecule is CC(=O)C12c3ccccc3C(c3ccccc31)[C@@H]1C(=O)N(c3ccc(F)cc3)C(=O)[C@@H]12. The van der Waals surface area contributed by atoms with Gasteiger partial charge in [-0.05, 0) is 53.4 Å². The summed E-state index contributed by atoms with van der Waals surface area (Å²) in [4.78, 5) is 42.1. The second-order valence-electron chi connectivity index (χ2n) is 8.51. The quantitative estimate of drug-likeness (QED) is 0.600. The van der Waals surface area contributed by atoms with Crippen LogP contribution in [-0.4, -0.2) is 17.6 Å². The van der Waals surface area contributed by atoms with Crippen LogP contribution in [0.15, 0.2) is 72.8 Å². The Balaban J connectivity index is 1.67. The van der Waals surface area contributed by atoms with Gasteiger partial charge >= 0.3 is 0 Å². The number of hydrogen-bond acceptors (Lipinski definition) is 3. The van der Waals surface area contributed by atoms with E-state index in [0.717, 1.165) is 27.2 Å². The molecule has 0 unspecified atom stereocenters. The summed E-state index contributed by atoms with van der Waals surface area (Å²) in [6.07, 6.45) is 0. The Bertz CT molecular complexity index is 1250. The molecule has 3 aromatic rings. The second-order valence-corrected chi connectivity index (χ2v) is 8.51. The number of ketones is 1. The lowest BCUT2D eigenvalue weighted by molar-refractivity contribution is -0.132. The molecule has 3 aliphatic carbocycles. The molecule has 3 aromatic carbocycles. The molecule has 2 bridgehead atoms. The van der Waals surface area contributed by atoms with Crippen molar-refractivity contribution in [2.45, 2.75) is 18.3 Å². The maximum atomic E-state index is 13.8. The highest BCUT2D eigenvalue weighted by Gasteiger charge is 2.69. The fourth-order valence-electron chi connectivity index (χ4n) is 6.21. The van der Waals surface area contributed by atoms with Crippen molar-refractivity contribution in [3.05, 3.63) is 101 Å². The Morgan fingerprint density at radius 1 is 0.839 bits per heavy atom. The molecule has 0 radical (unpaired) electrons. The smallest absolute Gasteiger partial charge is 0.239 e. The minimum Gasteiger partial charge on any atom is -0.299 e. The van der Waals surface area contributed by atoms with Crippen LogP contribution in [0, 0.1) is 17.7 Å². The van der Waals surface area contributed by atoms with E-state index < -0.39 is 29.0 Å². The highest BCUT2D eigenvalue weighted by molar-refractivity contribution is 6.25. The summed E-state index contributed by atoms with van der Waals surface area (Å²) < 4.78 is 13.5. The van der Waals surface area contributed by atoms with Crippen molar-refractivity contribution >= 4 is 23.3 Å². The van der Waals surface area contributed by atoms with Gasteiger partial charge in [0.15, 0.2) is 0 Å². The molecule has 1 aliphatic heterocycles. The van der Waals surface area contributed by atoms with Crippen LogP contribution in [0.4, 0.5) is 10.1 Å². The highest BCUT2D eigenvalue weighted by atomic mass is 19.1. The Kier molecular flexibility index (Phi) is 3.51. The van der Waals surface area contributed by atoms with Crippen molar-refractivity contribution in [1.82, 2.24) is 0 Å². The van der Waals surface area contributed by atoms with E-state index >= 15 is 0 Å². The molecule has 4 aliphatic rings. The number of amides is 2. The summed E-state index contributed by atoms with van der Waals surface area (Å²) in [5, 5.41) is 0. The minimum absolute atomic E-state index is 0.150. The van der Waals surface area contributed by atoms with Gasteiger partial charge in [-0.25, -0.2) is 9.29 Å². The first kappa shape index (κ1) is 18.2. The molecule has 4 nitrogen and oxygen atoms in total. The summed E-state index contributed by atoms with van der Waals surface area (Å²) in [5.41, 5.74) is 2.61. The largest absolute Gasteiger partial charge is 0.299 e. The van der Waals surface area contributed by atoms with Gasteiger partial charge in [-0.2, -0.15) is 0 Å². The molecule has 0 spiro atoms. The van der Waals surface area contributed by atoms with Crippen molar-refractivity contribution in [1.29, 1.82) is 0 Å². The molecular weight excluding hydrogens is 393 g/mol. The average Bonchev–Trinajstić information content (AvgIpc) is 3.05. The molecule has 1 heterocycles. The van der Waals surface area contributed by atoms with Crippen LogP contribution in [0.3, 0.4) is 0 Å². The second kappa shape index (κ2) is 5.97. The topological polar surface area (TPSA) is 54.5 Å². The van der Waals surface area contributed by atoms with Gasteiger partial charge in [0.2, 0.25) is 11.8 Å². The summed E-state index contributed by atoms with van der Waals surface area (Å²) >= 11 is 0. The number of benzene rings is 3. The zero-order chi connectivity index (χ0) is 21.5. The number of imide groups is 1. The Hall–Kier alpha value is -3.60. The first-order valence-electron chi connectivity index (χ1n) is 10.3. The van der Waals surface area contributed by atoms with E-state index in [9.17, 15) is 18.8 Å². The third-order valence-electron chi connectivity index (χ3n) is 7.26. The lowest BCUT2D eigenvalue weighted by Gasteiger charge is -2.52. The molecule has 0 saturated carbocycles.